The van der Waals surface area contributed by atoms with Gasteiger partial charge in [-0.25, -0.2) is 0 Å². The lowest BCUT2D eigenvalue weighted by atomic mass is 10.2. The van der Waals surface area contributed by atoms with Gasteiger partial charge in [0.25, 0.3) is 0 Å². The zero-order chi connectivity index (χ0) is 18.0. The van der Waals surface area contributed by atoms with E-state index in [9.17, 15) is 13.2 Å². The summed E-state index contributed by atoms with van der Waals surface area (Å²) in [5.74, 6) is 0.447. The molecule has 0 atom stereocenters. The molecule has 0 bridgehead atoms. The average molecular weight is 368 g/mol. The summed E-state index contributed by atoms with van der Waals surface area (Å²) in [6.45, 7) is 0.301. The van der Waals surface area contributed by atoms with E-state index in [1.807, 2.05) is 12.1 Å². The minimum Gasteiger partial charge on any atom is -0.487 e. The number of hydrogen-bond donors (Lipinski definition) is 0. The van der Waals surface area contributed by atoms with Gasteiger partial charge in [0.05, 0.1) is 11.9 Å². The molecule has 0 radical (unpaired) electrons. The van der Waals surface area contributed by atoms with E-state index in [4.69, 9.17) is 16.3 Å². The minimum atomic E-state index is -4.49. The highest BCUT2D eigenvalue weighted by Crippen LogP contribution is 2.35. The van der Waals surface area contributed by atoms with Gasteiger partial charge in [0.1, 0.15) is 23.6 Å². The molecule has 2 aromatic heterocycles. The lowest BCUT2D eigenvalue weighted by Crippen LogP contribution is -2.05. The molecule has 1 aromatic carbocycles. The first-order valence-corrected chi connectivity index (χ1v) is 7.65. The van der Waals surface area contributed by atoms with Crippen molar-refractivity contribution in [2.45, 2.75) is 12.8 Å². The summed E-state index contributed by atoms with van der Waals surface area (Å²) in [5, 5.41) is 4.49. The van der Waals surface area contributed by atoms with Crippen LogP contribution in [0.25, 0.3) is 11.4 Å². The molecule has 8 heteroatoms. The quantitative estimate of drug-likeness (QED) is 0.669. The van der Waals surface area contributed by atoms with Crippen LogP contribution >= 0.6 is 11.6 Å². The smallest absolute Gasteiger partial charge is 0.420 e. The van der Waals surface area contributed by atoms with Crippen LogP contribution in [0.1, 0.15) is 11.1 Å². The number of benzene rings is 1. The summed E-state index contributed by atoms with van der Waals surface area (Å²) in [6.07, 6.45) is -2.18. The molecule has 4 nitrogen and oxygen atoms in total. The number of hydrogen-bond acceptors (Lipinski definition) is 3. The highest BCUT2D eigenvalue weighted by atomic mass is 35.5. The standard InChI is InChI=1S/C17H13ClF3N3O/c1-24-9-14(17(19,20)21)16(23-24)15-7-6-13(8-22-15)25-10-11-2-4-12(18)5-3-11/h2-9H,10H2,1H3. The van der Waals surface area contributed by atoms with E-state index >= 15 is 0 Å². The van der Waals surface area contributed by atoms with E-state index in [0.29, 0.717) is 17.4 Å². The predicted octanol–water partition coefficient (Wildman–Crippen LogP) is 4.73. The van der Waals surface area contributed by atoms with Gasteiger partial charge in [0.2, 0.25) is 0 Å². The fourth-order valence-corrected chi connectivity index (χ4v) is 2.36. The van der Waals surface area contributed by atoms with Gasteiger partial charge in [-0.1, -0.05) is 23.7 Å². The Kier molecular flexibility index (Phi) is 4.67. The normalized spacial score (nSPS) is 11.6. The summed E-state index contributed by atoms with van der Waals surface area (Å²) < 4.78 is 45.8. The molecule has 2 heterocycles. The SMILES string of the molecule is Cn1cc(C(F)(F)F)c(-c2ccc(OCc3ccc(Cl)cc3)cn2)n1. The van der Waals surface area contributed by atoms with Crippen LogP contribution < -0.4 is 4.74 Å². The van der Waals surface area contributed by atoms with E-state index in [-0.39, 0.29) is 11.4 Å². The van der Waals surface area contributed by atoms with Gasteiger partial charge < -0.3 is 4.74 Å². The second-order valence-electron chi connectivity index (χ2n) is 5.36. The van der Waals surface area contributed by atoms with Gasteiger partial charge in [-0.3, -0.25) is 9.67 Å². The van der Waals surface area contributed by atoms with Crippen LogP contribution in [-0.2, 0) is 19.8 Å². The molecule has 0 aliphatic carbocycles. The summed E-state index contributed by atoms with van der Waals surface area (Å²) in [5.41, 5.74) is 0.0147. The zero-order valence-electron chi connectivity index (χ0n) is 13.1. The van der Waals surface area contributed by atoms with Gasteiger partial charge in [-0.2, -0.15) is 18.3 Å². The highest BCUT2D eigenvalue weighted by molar-refractivity contribution is 6.30. The van der Waals surface area contributed by atoms with Crippen molar-refractivity contribution in [1.29, 1.82) is 0 Å². The molecular weight excluding hydrogens is 355 g/mol. The maximum Gasteiger partial charge on any atom is 0.420 e. The predicted molar refractivity (Wildman–Crippen MR) is 87.2 cm³/mol. The first-order valence-electron chi connectivity index (χ1n) is 7.27. The molecule has 0 spiro atoms. The van der Waals surface area contributed by atoms with Crippen LogP contribution in [0.4, 0.5) is 13.2 Å². The van der Waals surface area contributed by atoms with E-state index in [1.165, 1.54) is 19.3 Å². The second-order valence-corrected chi connectivity index (χ2v) is 5.79. The summed E-state index contributed by atoms with van der Waals surface area (Å²) in [6, 6.07) is 10.2. The van der Waals surface area contributed by atoms with Crippen molar-refractivity contribution in [2.24, 2.45) is 7.05 Å². The van der Waals surface area contributed by atoms with Crippen molar-refractivity contribution in [2.75, 3.05) is 0 Å². The number of pyridine rings is 1. The first kappa shape index (κ1) is 17.3. The highest BCUT2D eigenvalue weighted by Gasteiger charge is 2.36. The summed E-state index contributed by atoms with van der Waals surface area (Å²) in [4.78, 5) is 4.04. The lowest BCUT2D eigenvalue weighted by Gasteiger charge is -2.08. The summed E-state index contributed by atoms with van der Waals surface area (Å²) >= 11 is 5.81. The molecular formula is C17H13ClF3N3O. The van der Waals surface area contributed by atoms with Crippen molar-refractivity contribution in [3.05, 3.63) is 64.9 Å². The van der Waals surface area contributed by atoms with Crippen molar-refractivity contribution in [3.63, 3.8) is 0 Å². The van der Waals surface area contributed by atoms with E-state index in [1.54, 1.807) is 18.2 Å². The Morgan fingerprint density at radius 1 is 1.12 bits per heavy atom. The molecule has 0 N–H and O–H groups in total. The van der Waals surface area contributed by atoms with Crippen molar-refractivity contribution >= 4 is 11.6 Å². The molecule has 0 saturated heterocycles. The third-order valence-corrected chi connectivity index (χ3v) is 3.68. The molecule has 0 saturated carbocycles. The van der Waals surface area contributed by atoms with E-state index in [0.717, 1.165) is 16.4 Å². The van der Waals surface area contributed by atoms with Crippen LogP contribution in [0, 0.1) is 0 Å². The second kappa shape index (κ2) is 6.76. The van der Waals surface area contributed by atoms with Crippen LogP contribution in [0.5, 0.6) is 5.75 Å². The monoisotopic (exact) mass is 367 g/mol. The maximum atomic E-state index is 13.0. The molecule has 3 rings (SSSR count). The molecule has 0 fully saturated rings. The van der Waals surface area contributed by atoms with Crippen molar-refractivity contribution in [1.82, 2.24) is 14.8 Å². The average Bonchev–Trinajstić information content (AvgIpc) is 2.97. The number of nitrogens with zero attached hydrogens (tertiary/aromatic N) is 3. The van der Waals surface area contributed by atoms with Gasteiger partial charge >= 0.3 is 6.18 Å². The largest absolute Gasteiger partial charge is 0.487 e. The van der Waals surface area contributed by atoms with E-state index in [2.05, 4.69) is 10.1 Å². The Morgan fingerprint density at radius 3 is 2.44 bits per heavy atom. The molecule has 25 heavy (non-hydrogen) atoms. The maximum absolute atomic E-state index is 13.0. The Balaban J connectivity index is 1.75. The fourth-order valence-electron chi connectivity index (χ4n) is 2.24. The zero-order valence-corrected chi connectivity index (χ0v) is 13.8. The Hall–Kier alpha value is -2.54. The van der Waals surface area contributed by atoms with Crippen LogP contribution in [0.2, 0.25) is 5.02 Å². The molecule has 130 valence electrons. The van der Waals surface area contributed by atoms with Gasteiger partial charge in [-0.05, 0) is 29.8 Å². The van der Waals surface area contributed by atoms with Gasteiger partial charge in [-0.15, -0.1) is 0 Å². The Morgan fingerprint density at radius 2 is 1.84 bits per heavy atom. The topological polar surface area (TPSA) is 39.9 Å². The van der Waals surface area contributed by atoms with Crippen LogP contribution in [-0.4, -0.2) is 14.8 Å². The third kappa shape index (κ3) is 4.11. The number of aryl methyl sites for hydroxylation is 1. The minimum absolute atomic E-state index is 0.131. The van der Waals surface area contributed by atoms with Crippen LogP contribution in [0.3, 0.4) is 0 Å². The van der Waals surface area contributed by atoms with Gasteiger partial charge in [0.15, 0.2) is 0 Å². The number of ether oxygens (including phenoxy) is 1. The molecule has 0 aliphatic heterocycles. The molecule has 0 aliphatic rings. The lowest BCUT2D eigenvalue weighted by molar-refractivity contribution is -0.137. The number of rotatable bonds is 4. The molecule has 3 aromatic rings. The Bertz CT molecular complexity index is 858. The fraction of sp³-hybridized carbons (Fsp3) is 0.176. The third-order valence-electron chi connectivity index (χ3n) is 3.43. The summed E-state index contributed by atoms with van der Waals surface area (Å²) in [7, 11) is 1.43. The van der Waals surface area contributed by atoms with Gasteiger partial charge in [0, 0.05) is 18.3 Å². The van der Waals surface area contributed by atoms with Crippen LogP contribution in [0.15, 0.2) is 48.8 Å². The molecule has 0 amide bonds. The number of halogens is 4. The van der Waals surface area contributed by atoms with E-state index < -0.39 is 11.7 Å². The van der Waals surface area contributed by atoms with Crippen molar-refractivity contribution in [3.8, 4) is 17.1 Å². The Labute approximate surface area is 146 Å². The van der Waals surface area contributed by atoms with Crippen molar-refractivity contribution < 1.29 is 17.9 Å². The number of alkyl halides is 3. The molecule has 0 unspecified atom stereocenters. The first-order chi connectivity index (χ1) is 11.8. The number of aromatic nitrogens is 3.